The lowest BCUT2D eigenvalue weighted by Crippen LogP contribution is -2.28. The first kappa shape index (κ1) is 16.4. The van der Waals surface area contributed by atoms with Crippen LogP contribution in [-0.2, 0) is 20.5 Å². The van der Waals surface area contributed by atoms with Crippen LogP contribution in [0.25, 0.3) is 11.5 Å². The second kappa shape index (κ2) is 6.70. The Balaban J connectivity index is 1.43. The van der Waals surface area contributed by atoms with E-state index < -0.39 is 0 Å². The van der Waals surface area contributed by atoms with Gasteiger partial charge in [0.05, 0.1) is 23.7 Å². The third-order valence-corrected chi connectivity index (χ3v) is 4.76. The molecular formula is C18H21N7O. The molecule has 8 nitrogen and oxygen atoms in total. The van der Waals surface area contributed by atoms with Crippen LogP contribution in [0.15, 0.2) is 37.2 Å². The Kier molecular flexibility index (Phi) is 4.24. The maximum Gasteiger partial charge on any atom is 0.257 e. The van der Waals surface area contributed by atoms with E-state index in [2.05, 4.69) is 15.1 Å². The van der Waals surface area contributed by atoms with Gasteiger partial charge in [-0.3, -0.25) is 14.5 Å². The van der Waals surface area contributed by atoms with Crippen molar-refractivity contribution in [3.05, 3.63) is 48.4 Å². The van der Waals surface area contributed by atoms with Crippen molar-refractivity contribution >= 4 is 5.91 Å². The van der Waals surface area contributed by atoms with E-state index in [1.807, 2.05) is 29.8 Å². The summed E-state index contributed by atoms with van der Waals surface area (Å²) in [6.45, 7) is 1.51. The van der Waals surface area contributed by atoms with Crippen molar-refractivity contribution in [3.8, 4) is 11.5 Å². The summed E-state index contributed by atoms with van der Waals surface area (Å²) in [4.78, 5) is 27.8. The Hall–Kier alpha value is -3.03. The first-order valence-electron chi connectivity index (χ1n) is 8.66. The normalized spacial score (nSPS) is 17.0. The van der Waals surface area contributed by atoms with Gasteiger partial charge in [-0.1, -0.05) is 0 Å². The molecule has 1 aliphatic rings. The molecule has 4 rings (SSSR count). The van der Waals surface area contributed by atoms with Crippen LogP contribution in [0.2, 0.25) is 0 Å². The summed E-state index contributed by atoms with van der Waals surface area (Å²) in [5.74, 6) is 1.24. The number of aromatic nitrogens is 6. The highest BCUT2D eigenvalue weighted by atomic mass is 16.2. The summed E-state index contributed by atoms with van der Waals surface area (Å²) in [6, 6.07) is 0. The molecule has 26 heavy (non-hydrogen) atoms. The first-order chi connectivity index (χ1) is 12.6. The number of nitrogens with zero attached hydrogens (tertiary/aromatic N) is 7. The van der Waals surface area contributed by atoms with Crippen LogP contribution in [0, 0.1) is 5.92 Å². The number of carbonyl (C=O) groups excluding carboxylic acids is 1. The molecule has 134 valence electrons. The highest BCUT2D eigenvalue weighted by Crippen LogP contribution is 2.22. The number of hydrogen-bond donors (Lipinski definition) is 0. The third-order valence-electron chi connectivity index (χ3n) is 4.76. The number of rotatable bonds is 4. The average Bonchev–Trinajstić information content (AvgIpc) is 3.36. The monoisotopic (exact) mass is 351 g/mol. The lowest BCUT2D eigenvalue weighted by molar-refractivity contribution is 0.0787. The van der Waals surface area contributed by atoms with E-state index in [-0.39, 0.29) is 5.91 Å². The van der Waals surface area contributed by atoms with E-state index in [9.17, 15) is 4.79 Å². The van der Waals surface area contributed by atoms with E-state index in [0.29, 0.717) is 11.5 Å². The Morgan fingerprint density at radius 3 is 2.88 bits per heavy atom. The summed E-state index contributed by atoms with van der Waals surface area (Å²) in [6.07, 6.45) is 12.3. The predicted octanol–water partition coefficient (Wildman–Crippen LogP) is 1.32. The zero-order valence-electron chi connectivity index (χ0n) is 14.9. The molecule has 0 bridgehead atoms. The lowest BCUT2D eigenvalue weighted by atomic mass is 10.0. The van der Waals surface area contributed by atoms with Crippen molar-refractivity contribution in [1.82, 2.24) is 34.2 Å². The Morgan fingerprint density at radius 2 is 2.15 bits per heavy atom. The van der Waals surface area contributed by atoms with Crippen LogP contribution >= 0.6 is 0 Å². The number of likely N-dealkylation sites (tertiary alicyclic amines) is 1. The molecule has 1 atom stereocenters. The molecule has 4 heterocycles. The van der Waals surface area contributed by atoms with E-state index >= 15 is 0 Å². The van der Waals surface area contributed by atoms with Crippen LogP contribution in [-0.4, -0.2) is 53.2 Å². The van der Waals surface area contributed by atoms with Gasteiger partial charge >= 0.3 is 0 Å². The summed E-state index contributed by atoms with van der Waals surface area (Å²) in [5.41, 5.74) is 2.35. The van der Waals surface area contributed by atoms with Crippen LogP contribution < -0.4 is 0 Å². The third kappa shape index (κ3) is 3.22. The van der Waals surface area contributed by atoms with Gasteiger partial charge in [0.1, 0.15) is 5.69 Å². The summed E-state index contributed by atoms with van der Waals surface area (Å²) in [5, 5.41) is 4.08. The van der Waals surface area contributed by atoms with Gasteiger partial charge in [-0.05, 0) is 18.8 Å². The van der Waals surface area contributed by atoms with Gasteiger partial charge in [0.2, 0.25) is 0 Å². The maximum atomic E-state index is 12.5. The lowest BCUT2D eigenvalue weighted by Gasteiger charge is -2.15. The molecule has 0 aliphatic carbocycles. The van der Waals surface area contributed by atoms with Gasteiger partial charge in [-0.15, -0.1) is 0 Å². The second-order valence-corrected chi connectivity index (χ2v) is 6.77. The van der Waals surface area contributed by atoms with Gasteiger partial charge in [0.15, 0.2) is 5.82 Å². The number of imidazole rings is 1. The predicted molar refractivity (Wildman–Crippen MR) is 95.2 cm³/mol. The smallest absolute Gasteiger partial charge is 0.257 e. The van der Waals surface area contributed by atoms with Gasteiger partial charge < -0.3 is 9.47 Å². The minimum Gasteiger partial charge on any atom is -0.338 e. The van der Waals surface area contributed by atoms with Crippen molar-refractivity contribution < 1.29 is 4.79 Å². The molecule has 1 saturated heterocycles. The molecule has 1 fully saturated rings. The quantitative estimate of drug-likeness (QED) is 0.708. The maximum absolute atomic E-state index is 12.5. The van der Waals surface area contributed by atoms with Gasteiger partial charge in [-0.2, -0.15) is 5.10 Å². The minimum absolute atomic E-state index is 0.0495. The first-order valence-corrected chi connectivity index (χ1v) is 8.66. The van der Waals surface area contributed by atoms with Crippen molar-refractivity contribution in [3.63, 3.8) is 0 Å². The van der Waals surface area contributed by atoms with Crippen molar-refractivity contribution in [2.75, 3.05) is 13.1 Å². The van der Waals surface area contributed by atoms with Crippen LogP contribution in [0.1, 0.15) is 22.5 Å². The van der Waals surface area contributed by atoms with Crippen LogP contribution in [0.4, 0.5) is 0 Å². The SMILES string of the molecule is Cn1cc(C(=O)N2CCC(Cc3cncc(-c4nccn4C)n3)C2)cn1. The van der Waals surface area contributed by atoms with Crippen molar-refractivity contribution in [2.24, 2.45) is 20.0 Å². The zero-order chi connectivity index (χ0) is 18.1. The fourth-order valence-electron chi connectivity index (χ4n) is 3.42. The Labute approximate surface area is 151 Å². The van der Waals surface area contributed by atoms with E-state index in [0.717, 1.165) is 43.1 Å². The van der Waals surface area contributed by atoms with E-state index in [1.165, 1.54) is 0 Å². The molecule has 1 amide bonds. The molecule has 0 aromatic carbocycles. The fourth-order valence-corrected chi connectivity index (χ4v) is 3.42. The standard InChI is InChI=1S/C18H21N7O/c1-23-6-4-20-17(23)16-10-19-9-15(22-16)7-13-3-5-25(11-13)18(26)14-8-21-24(2)12-14/h4,6,8-10,12-13H,3,5,7,11H2,1-2H3. The molecule has 1 unspecified atom stereocenters. The number of aryl methyl sites for hydroxylation is 2. The zero-order valence-corrected chi connectivity index (χ0v) is 14.9. The van der Waals surface area contributed by atoms with Crippen molar-refractivity contribution in [2.45, 2.75) is 12.8 Å². The van der Waals surface area contributed by atoms with E-state index in [1.54, 1.807) is 35.7 Å². The summed E-state index contributed by atoms with van der Waals surface area (Å²) in [7, 11) is 3.76. The van der Waals surface area contributed by atoms with Crippen molar-refractivity contribution in [1.29, 1.82) is 0 Å². The van der Waals surface area contributed by atoms with Gasteiger partial charge in [0.25, 0.3) is 5.91 Å². The Bertz CT molecular complexity index is 929. The highest BCUT2D eigenvalue weighted by Gasteiger charge is 2.28. The van der Waals surface area contributed by atoms with Crippen LogP contribution in [0.5, 0.6) is 0 Å². The molecule has 1 aliphatic heterocycles. The summed E-state index contributed by atoms with van der Waals surface area (Å²) >= 11 is 0. The fraction of sp³-hybridized carbons (Fsp3) is 0.389. The van der Waals surface area contributed by atoms with Crippen LogP contribution in [0.3, 0.4) is 0 Å². The highest BCUT2D eigenvalue weighted by molar-refractivity contribution is 5.93. The molecule has 8 heteroatoms. The molecule has 0 spiro atoms. The molecule has 3 aromatic heterocycles. The molecule has 0 saturated carbocycles. The number of hydrogen-bond acceptors (Lipinski definition) is 5. The molecule has 0 radical (unpaired) electrons. The van der Waals surface area contributed by atoms with Gasteiger partial charge in [0, 0.05) is 52.0 Å². The molecular weight excluding hydrogens is 330 g/mol. The summed E-state index contributed by atoms with van der Waals surface area (Å²) < 4.78 is 3.58. The topological polar surface area (TPSA) is 81.7 Å². The molecule has 3 aromatic rings. The minimum atomic E-state index is 0.0495. The number of amides is 1. The second-order valence-electron chi connectivity index (χ2n) is 6.77. The number of carbonyl (C=O) groups is 1. The van der Waals surface area contributed by atoms with Gasteiger partial charge in [-0.25, -0.2) is 9.97 Å². The Morgan fingerprint density at radius 1 is 1.27 bits per heavy atom. The largest absolute Gasteiger partial charge is 0.338 e. The van der Waals surface area contributed by atoms with E-state index in [4.69, 9.17) is 4.98 Å². The average molecular weight is 351 g/mol. The molecule has 0 N–H and O–H groups in total.